The minimum atomic E-state index is -0.894. The maximum absolute atomic E-state index is 13.0. The standard InChI is InChI=1S/C26H34FNO7/c1-15-4-9-20-16(2)23(32-24-26(20)19(15)12-13-25(3,33-24)34-35-26)31-22(30)11-10-21(29)28-14-17-5-7-18(27)8-6-17/h5-8,15-16,19-20,23-24H,4,9-14H2,1-3H3,(H,28,29)/t15-,16+,19-,20+,23+,24-,25+,26-/m0/s1. The van der Waals surface area contributed by atoms with Crippen molar-refractivity contribution in [3.05, 3.63) is 35.6 Å². The van der Waals surface area contributed by atoms with E-state index >= 15 is 0 Å². The second-order valence-corrected chi connectivity index (χ2v) is 10.7. The molecule has 1 aromatic carbocycles. The Labute approximate surface area is 204 Å². The van der Waals surface area contributed by atoms with Gasteiger partial charge in [0.25, 0.3) is 0 Å². The van der Waals surface area contributed by atoms with Gasteiger partial charge in [-0.05, 0) is 55.7 Å². The zero-order chi connectivity index (χ0) is 24.8. The molecule has 4 saturated heterocycles. The average Bonchev–Trinajstić information content (AvgIpc) is 3.06. The van der Waals surface area contributed by atoms with Gasteiger partial charge in [0, 0.05) is 31.2 Å². The lowest BCUT2D eigenvalue weighted by Crippen LogP contribution is -2.70. The third-order valence-electron chi connectivity index (χ3n) is 8.30. The molecule has 1 amide bonds. The van der Waals surface area contributed by atoms with Gasteiger partial charge in [0.2, 0.25) is 18.0 Å². The first kappa shape index (κ1) is 24.6. The third kappa shape index (κ3) is 4.59. The van der Waals surface area contributed by atoms with Crippen molar-refractivity contribution in [1.82, 2.24) is 5.32 Å². The number of rotatable bonds is 6. The van der Waals surface area contributed by atoms with Crippen molar-refractivity contribution < 1.29 is 38.0 Å². The van der Waals surface area contributed by atoms with E-state index in [1.54, 1.807) is 12.1 Å². The van der Waals surface area contributed by atoms with E-state index in [2.05, 4.69) is 12.2 Å². The Morgan fingerprint density at radius 3 is 2.63 bits per heavy atom. The fourth-order valence-corrected chi connectivity index (χ4v) is 6.30. The van der Waals surface area contributed by atoms with Crippen LogP contribution < -0.4 is 5.32 Å². The van der Waals surface area contributed by atoms with Crippen LogP contribution in [0.1, 0.15) is 64.9 Å². The van der Waals surface area contributed by atoms with Gasteiger partial charge in [0.1, 0.15) is 5.82 Å². The first-order chi connectivity index (χ1) is 16.7. The van der Waals surface area contributed by atoms with Gasteiger partial charge in [0.05, 0.1) is 6.42 Å². The summed E-state index contributed by atoms with van der Waals surface area (Å²) in [6.45, 7) is 6.37. The maximum Gasteiger partial charge on any atom is 0.308 e. The highest BCUT2D eigenvalue weighted by Gasteiger charge is 2.69. The summed E-state index contributed by atoms with van der Waals surface area (Å²) in [5.41, 5.74) is 0.0642. The van der Waals surface area contributed by atoms with E-state index in [0.29, 0.717) is 12.3 Å². The summed E-state index contributed by atoms with van der Waals surface area (Å²) < 4.78 is 31.2. The van der Waals surface area contributed by atoms with E-state index in [1.165, 1.54) is 12.1 Å². The fourth-order valence-electron chi connectivity index (χ4n) is 6.30. The molecule has 6 rings (SSSR count). The summed E-state index contributed by atoms with van der Waals surface area (Å²) in [5, 5.41) is 2.73. The zero-order valence-corrected chi connectivity index (χ0v) is 20.5. The summed E-state index contributed by atoms with van der Waals surface area (Å²) >= 11 is 0. The van der Waals surface area contributed by atoms with Crippen molar-refractivity contribution in [2.24, 2.45) is 23.7 Å². The quantitative estimate of drug-likeness (QED) is 0.475. The molecule has 4 heterocycles. The van der Waals surface area contributed by atoms with Crippen LogP contribution in [0, 0.1) is 29.5 Å². The molecule has 8 nitrogen and oxygen atoms in total. The van der Waals surface area contributed by atoms with Crippen molar-refractivity contribution in [2.45, 2.75) is 89.8 Å². The molecular weight excluding hydrogens is 457 g/mol. The molecule has 4 aliphatic heterocycles. The van der Waals surface area contributed by atoms with Gasteiger partial charge in [0.15, 0.2) is 11.9 Å². The molecule has 5 fully saturated rings. The van der Waals surface area contributed by atoms with Crippen molar-refractivity contribution >= 4 is 11.9 Å². The number of esters is 1. The normalized spacial score (nSPS) is 39.9. The predicted molar refractivity (Wildman–Crippen MR) is 120 cm³/mol. The van der Waals surface area contributed by atoms with Crippen molar-refractivity contribution in [2.75, 3.05) is 0 Å². The van der Waals surface area contributed by atoms with E-state index in [4.69, 9.17) is 24.0 Å². The van der Waals surface area contributed by atoms with Crippen LogP contribution in [-0.4, -0.2) is 35.8 Å². The van der Waals surface area contributed by atoms with Crippen molar-refractivity contribution in [3.8, 4) is 0 Å². The van der Waals surface area contributed by atoms with Crippen LogP contribution >= 0.6 is 0 Å². The average molecular weight is 492 g/mol. The molecule has 0 radical (unpaired) electrons. The molecule has 0 aromatic heterocycles. The smallest absolute Gasteiger partial charge is 0.308 e. The van der Waals surface area contributed by atoms with Crippen LogP contribution in [0.25, 0.3) is 0 Å². The Hall–Kier alpha value is -2.07. The molecule has 1 aromatic rings. The number of hydrogen-bond donors (Lipinski definition) is 1. The molecule has 2 bridgehead atoms. The molecule has 1 N–H and O–H groups in total. The Bertz CT molecular complexity index is 958. The number of ether oxygens (including phenoxy) is 3. The van der Waals surface area contributed by atoms with Gasteiger partial charge in [-0.15, -0.1) is 0 Å². The highest BCUT2D eigenvalue weighted by atomic mass is 19.1. The summed E-state index contributed by atoms with van der Waals surface area (Å²) in [7, 11) is 0. The minimum absolute atomic E-state index is 0.0109. The van der Waals surface area contributed by atoms with Gasteiger partial charge >= 0.3 is 5.97 Å². The molecule has 0 unspecified atom stereocenters. The summed E-state index contributed by atoms with van der Waals surface area (Å²) in [6, 6.07) is 5.88. The van der Waals surface area contributed by atoms with Gasteiger partial charge in [-0.3, -0.25) is 9.59 Å². The number of carbonyl (C=O) groups is 2. The second-order valence-electron chi connectivity index (χ2n) is 10.7. The monoisotopic (exact) mass is 491 g/mol. The molecule has 1 aliphatic carbocycles. The van der Waals surface area contributed by atoms with Crippen molar-refractivity contribution in [1.29, 1.82) is 0 Å². The Balaban J connectivity index is 1.19. The number of carbonyl (C=O) groups excluding carboxylic acids is 2. The number of fused-ring (bicyclic) bond motifs is 2. The van der Waals surface area contributed by atoms with Gasteiger partial charge in [-0.2, -0.15) is 0 Å². The molecule has 9 heteroatoms. The van der Waals surface area contributed by atoms with Crippen LogP contribution in [0.4, 0.5) is 4.39 Å². The molecule has 192 valence electrons. The molecule has 5 aliphatic rings. The molecule has 1 spiro atoms. The minimum Gasteiger partial charge on any atom is -0.435 e. The topological polar surface area (TPSA) is 92.3 Å². The molecule has 8 atom stereocenters. The van der Waals surface area contributed by atoms with Crippen molar-refractivity contribution in [3.63, 3.8) is 0 Å². The number of amides is 1. The lowest BCUT2D eigenvalue weighted by molar-refractivity contribution is -0.576. The Morgan fingerprint density at radius 2 is 1.86 bits per heavy atom. The second kappa shape index (κ2) is 9.42. The van der Waals surface area contributed by atoms with Crippen LogP contribution in [0.15, 0.2) is 24.3 Å². The Kier molecular flexibility index (Phi) is 6.63. The number of nitrogens with one attached hydrogen (secondary N) is 1. The number of hydrogen-bond acceptors (Lipinski definition) is 7. The van der Waals surface area contributed by atoms with Gasteiger partial charge in [-0.25, -0.2) is 14.2 Å². The van der Waals surface area contributed by atoms with E-state index in [1.807, 2.05) is 13.8 Å². The van der Waals surface area contributed by atoms with Crippen LogP contribution in [0.2, 0.25) is 0 Å². The summed E-state index contributed by atoms with van der Waals surface area (Å²) in [6.07, 6.45) is 2.05. The largest absolute Gasteiger partial charge is 0.435 e. The molecular formula is C26H34FNO7. The predicted octanol–water partition coefficient (Wildman–Crippen LogP) is 3.97. The summed E-state index contributed by atoms with van der Waals surface area (Å²) in [4.78, 5) is 36.7. The van der Waals surface area contributed by atoms with Crippen LogP contribution in [0.5, 0.6) is 0 Å². The highest BCUT2D eigenvalue weighted by Crippen LogP contribution is 2.60. The Morgan fingerprint density at radius 1 is 1.09 bits per heavy atom. The van der Waals surface area contributed by atoms with Crippen LogP contribution in [-0.2, 0) is 40.1 Å². The molecule has 35 heavy (non-hydrogen) atoms. The van der Waals surface area contributed by atoms with Gasteiger partial charge < -0.3 is 19.5 Å². The third-order valence-corrected chi connectivity index (χ3v) is 8.30. The van der Waals surface area contributed by atoms with Crippen LogP contribution in [0.3, 0.4) is 0 Å². The lowest BCUT2D eigenvalue weighted by Gasteiger charge is -2.59. The first-order valence-electron chi connectivity index (χ1n) is 12.6. The van der Waals surface area contributed by atoms with Gasteiger partial charge in [-0.1, -0.05) is 26.0 Å². The lowest BCUT2D eigenvalue weighted by atomic mass is 9.58. The van der Waals surface area contributed by atoms with E-state index in [-0.39, 0.29) is 48.9 Å². The SMILES string of the molecule is C[C@H]1[C@H](OC(=O)CCC(=O)NCc2ccc(F)cc2)O[C@H]2O[C@@]3(C)CC[C@H]4[C@@H](C)CC[C@H]1[C@]24OO3. The zero-order valence-electron chi connectivity index (χ0n) is 20.5. The fraction of sp³-hybridized carbons (Fsp3) is 0.692. The first-order valence-corrected chi connectivity index (χ1v) is 12.6. The summed E-state index contributed by atoms with van der Waals surface area (Å²) in [5.74, 6) is -1.39. The van der Waals surface area contributed by atoms with E-state index < -0.39 is 29.9 Å². The van der Waals surface area contributed by atoms with E-state index in [9.17, 15) is 14.0 Å². The highest BCUT2D eigenvalue weighted by molar-refractivity contribution is 5.81. The number of benzene rings is 1. The van der Waals surface area contributed by atoms with E-state index in [0.717, 1.165) is 24.8 Å². The molecule has 1 saturated carbocycles. The number of halogens is 1. The maximum atomic E-state index is 13.0.